The maximum atomic E-state index is 13.4. The molecule has 2 saturated heterocycles. The molecule has 1 atom stereocenters. The molecule has 0 bridgehead atoms. The minimum Gasteiger partial charge on any atom is -0.369 e. The van der Waals surface area contributed by atoms with Crippen molar-refractivity contribution in [1.82, 2.24) is 15.1 Å². The van der Waals surface area contributed by atoms with E-state index in [0.717, 1.165) is 11.3 Å². The van der Waals surface area contributed by atoms with Crippen molar-refractivity contribution >= 4 is 23.8 Å². The maximum absolute atomic E-state index is 13.4. The minimum absolute atomic E-state index is 0.258. The number of rotatable bonds is 7. The van der Waals surface area contributed by atoms with Gasteiger partial charge in [-0.15, -0.1) is 0 Å². The van der Waals surface area contributed by atoms with Crippen molar-refractivity contribution in [3.63, 3.8) is 0 Å². The summed E-state index contributed by atoms with van der Waals surface area (Å²) in [6.07, 6.45) is 2.77. The summed E-state index contributed by atoms with van der Waals surface area (Å²) < 4.78 is 13.4. The largest absolute Gasteiger partial charge is 0.369 e. The number of carbonyl (C=O) groups excluding carboxylic acids is 4. The molecule has 3 rings (SSSR count). The number of urea groups is 1. The van der Waals surface area contributed by atoms with Gasteiger partial charge in [0.25, 0.3) is 5.91 Å². The number of nitrogens with two attached hydrogens (primary N) is 1. The van der Waals surface area contributed by atoms with Crippen LogP contribution >= 0.6 is 0 Å². The first-order valence-corrected chi connectivity index (χ1v) is 10.3. The fourth-order valence-corrected chi connectivity index (χ4v) is 4.10. The number of hydrogen-bond acceptors (Lipinski definition) is 4. The van der Waals surface area contributed by atoms with Gasteiger partial charge in [-0.3, -0.25) is 19.3 Å². The number of primary amides is 1. The Balaban J connectivity index is 1.75. The average molecular weight is 418 g/mol. The Hall–Kier alpha value is -2.97. The van der Waals surface area contributed by atoms with E-state index in [1.165, 1.54) is 24.3 Å². The molecule has 1 aromatic carbocycles. The van der Waals surface area contributed by atoms with Crippen LogP contribution in [0.1, 0.15) is 44.6 Å². The summed E-state index contributed by atoms with van der Waals surface area (Å²) in [5.74, 6) is -1.94. The molecule has 1 aromatic rings. The van der Waals surface area contributed by atoms with Gasteiger partial charge in [0, 0.05) is 19.0 Å². The molecule has 2 heterocycles. The molecule has 0 aromatic heterocycles. The van der Waals surface area contributed by atoms with Crippen LogP contribution in [0.5, 0.6) is 0 Å². The molecule has 2 aliphatic rings. The standard InChI is InChI=1S/C21H27FN4O4/c1-2-3-10-21(15-4-6-16(22)7-5-15)19(29)26(20(30)24-21)13-17(27)25-11-8-14(9-12-25)18(23)28/h4-7,14H,2-3,8-13H2,1H3,(H2,23,28)(H,24,30). The van der Waals surface area contributed by atoms with E-state index < -0.39 is 23.3 Å². The summed E-state index contributed by atoms with van der Waals surface area (Å²) in [7, 11) is 0. The van der Waals surface area contributed by atoms with Crippen molar-refractivity contribution < 1.29 is 23.6 Å². The monoisotopic (exact) mass is 418 g/mol. The zero-order valence-corrected chi connectivity index (χ0v) is 17.0. The Bertz CT molecular complexity index is 836. The van der Waals surface area contributed by atoms with E-state index in [-0.39, 0.29) is 24.3 Å². The molecule has 0 spiro atoms. The highest BCUT2D eigenvalue weighted by molar-refractivity contribution is 6.09. The lowest BCUT2D eigenvalue weighted by atomic mass is 9.84. The smallest absolute Gasteiger partial charge is 0.325 e. The first-order chi connectivity index (χ1) is 14.3. The average Bonchev–Trinajstić information content (AvgIpc) is 2.97. The summed E-state index contributed by atoms with van der Waals surface area (Å²) in [6.45, 7) is 2.31. The van der Waals surface area contributed by atoms with Crippen LogP contribution in [0.15, 0.2) is 24.3 Å². The Labute approximate surface area is 174 Å². The fourth-order valence-electron chi connectivity index (χ4n) is 4.10. The van der Waals surface area contributed by atoms with Crippen LogP contribution in [-0.4, -0.2) is 53.2 Å². The van der Waals surface area contributed by atoms with Crippen LogP contribution in [0, 0.1) is 11.7 Å². The molecule has 9 heteroatoms. The molecule has 0 aliphatic carbocycles. The third-order valence-corrected chi connectivity index (χ3v) is 5.96. The molecule has 8 nitrogen and oxygen atoms in total. The van der Waals surface area contributed by atoms with E-state index >= 15 is 0 Å². The second kappa shape index (κ2) is 8.81. The van der Waals surface area contributed by atoms with Crippen molar-refractivity contribution in [2.75, 3.05) is 19.6 Å². The number of imide groups is 1. The number of carbonyl (C=O) groups is 4. The molecule has 0 radical (unpaired) electrons. The molecule has 3 N–H and O–H groups in total. The molecular weight excluding hydrogens is 391 g/mol. The molecule has 5 amide bonds. The van der Waals surface area contributed by atoms with Gasteiger partial charge in [0.05, 0.1) is 0 Å². The number of unbranched alkanes of at least 4 members (excludes halogenated alkanes) is 1. The molecule has 2 aliphatic heterocycles. The topological polar surface area (TPSA) is 113 Å². The van der Waals surface area contributed by atoms with Gasteiger partial charge in [-0.1, -0.05) is 31.9 Å². The summed E-state index contributed by atoms with van der Waals surface area (Å²) in [6, 6.07) is 4.84. The highest BCUT2D eigenvalue weighted by Crippen LogP contribution is 2.34. The second-order valence-electron chi connectivity index (χ2n) is 7.89. The number of nitrogens with zero attached hydrogens (tertiary/aromatic N) is 2. The number of piperidine rings is 1. The number of benzene rings is 1. The van der Waals surface area contributed by atoms with E-state index in [1.807, 2.05) is 6.92 Å². The lowest BCUT2D eigenvalue weighted by molar-refractivity contribution is -0.140. The lowest BCUT2D eigenvalue weighted by Crippen LogP contribution is -2.48. The number of likely N-dealkylation sites (tertiary alicyclic amines) is 1. The van der Waals surface area contributed by atoms with Gasteiger partial charge in [-0.25, -0.2) is 9.18 Å². The van der Waals surface area contributed by atoms with Gasteiger partial charge in [0.2, 0.25) is 11.8 Å². The van der Waals surface area contributed by atoms with E-state index in [1.54, 1.807) is 4.90 Å². The number of halogens is 1. The van der Waals surface area contributed by atoms with Gasteiger partial charge in [-0.2, -0.15) is 0 Å². The lowest BCUT2D eigenvalue weighted by Gasteiger charge is -2.31. The van der Waals surface area contributed by atoms with Gasteiger partial charge >= 0.3 is 6.03 Å². The van der Waals surface area contributed by atoms with Crippen LogP contribution in [0.2, 0.25) is 0 Å². The highest BCUT2D eigenvalue weighted by Gasteiger charge is 2.52. The van der Waals surface area contributed by atoms with Crippen LogP contribution in [0.4, 0.5) is 9.18 Å². The number of amides is 5. The first-order valence-electron chi connectivity index (χ1n) is 10.3. The minimum atomic E-state index is -1.31. The van der Waals surface area contributed by atoms with Crippen LogP contribution < -0.4 is 11.1 Å². The zero-order chi connectivity index (χ0) is 21.9. The quantitative estimate of drug-likeness (QED) is 0.653. The number of nitrogens with one attached hydrogen (secondary N) is 1. The normalized spacial score (nSPS) is 22.3. The summed E-state index contributed by atoms with van der Waals surface area (Å²) in [5, 5.41) is 2.75. The van der Waals surface area contributed by atoms with Gasteiger partial charge in [0.1, 0.15) is 17.9 Å². The van der Waals surface area contributed by atoms with Crippen molar-refractivity contribution in [2.45, 2.75) is 44.6 Å². The SMILES string of the molecule is CCCCC1(c2ccc(F)cc2)NC(=O)N(CC(=O)N2CCC(C(N)=O)CC2)C1=O. The Morgan fingerprint density at radius 1 is 1.20 bits per heavy atom. The van der Waals surface area contributed by atoms with Crippen molar-refractivity contribution in [3.8, 4) is 0 Å². The predicted octanol–water partition coefficient (Wildman–Crippen LogP) is 1.49. The van der Waals surface area contributed by atoms with Gasteiger partial charge in [0.15, 0.2) is 0 Å². The first kappa shape index (κ1) is 21.7. The van der Waals surface area contributed by atoms with Gasteiger partial charge < -0.3 is 16.0 Å². The van der Waals surface area contributed by atoms with E-state index in [0.29, 0.717) is 44.3 Å². The molecule has 1 unspecified atom stereocenters. The Kier molecular flexibility index (Phi) is 6.38. The van der Waals surface area contributed by atoms with Crippen molar-refractivity contribution in [1.29, 1.82) is 0 Å². The molecule has 30 heavy (non-hydrogen) atoms. The fraction of sp³-hybridized carbons (Fsp3) is 0.524. The third kappa shape index (κ3) is 4.15. The van der Waals surface area contributed by atoms with Crippen molar-refractivity contribution in [3.05, 3.63) is 35.6 Å². The van der Waals surface area contributed by atoms with Crippen LogP contribution in [0.3, 0.4) is 0 Å². The van der Waals surface area contributed by atoms with E-state index in [2.05, 4.69) is 5.32 Å². The summed E-state index contributed by atoms with van der Waals surface area (Å²) >= 11 is 0. The molecular formula is C21H27FN4O4. The third-order valence-electron chi connectivity index (χ3n) is 5.96. The Morgan fingerprint density at radius 2 is 1.83 bits per heavy atom. The second-order valence-corrected chi connectivity index (χ2v) is 7.89. The molecule has 2 fully saturated rings. The van der Waals surface area contributed by atoms with Crippen LogP contribution in [-0.2, 0) is 19.9 Å². The van der Waals surface area contributed by atoms with E-state index in [4.69, 9.17) is 5.73 Å². The zero-order valence-electron chi connectivity index (χ0n) is 17.0. The summed E-state index contributed by atoms with van der Waals surface area (Å²) in [5.41, 5.74) is 4.51. The summed E-state index contributed by atoms with van der Waals surface area (Å²) in [4.78, 5) is 52.4. The van der Waals surface area contributed by atoms with E-state index in [9.17, 15) is 23.6 Å². The Morgan fingerprint density at radius 3 is 2.40 bits per heavy atom. The highest BCUT2D eigenvalue weighted by atomic mass is 19.1. The predicted molar refractivity (Wildman–Crippen MR) is 106 cm³/mol. The van der Waals surface area contributed by atoms with Gasteiger partial charge in [-0.05, 0) is 37.0 Å². The molecule has 162 valence electrons. The van der Waals surface area contributed by atoms with Crippen LogP contribution in [0.25, 0.3) is 0 Å². The number of hydrogen-bond donors (Lipinski definition) is 2. The maximum Gasteiger partial charge on any atom is 0.325 e. The van der Waals surface area contributed by atoms with Crippen molar-refractivity contribution in [2.24, 2.45) is 11.7 Å². The molecule has 0 saturated carbocycles.